The van der Waals surface area contributed by atoms with E-state index in [1.165, 1.54) is 4.90 Å². The molecule has 1 saturated carbocycles. The van der Waals surface area contributed by atoms with Crippen LogP contribution < -0.4 is 27.0 Å². The van der Waals surface area contributed by atoms with Crippen molar-refractivity contribution >= 4 is 47.2 Å². The van der Waals surface area contributed by atoms with Crippen molar-refractivity contribution in [3.63, 3.8) is 0 Å². The van der Waals surface area contributed by atoms with E-state index in [-0.39, 0.29) is 19.4 Å². The number of benzene rings is 1. The smallest absolute Gasteiger partial charge is 0.308 e. The standard InChI is InChI=1S/C40H58F2N6O10/c1-8-13-26(33(51)37(55)44-20-29(49)45-27(34(43)52)19-30(50)58-40(5,6)7)46-35(53)28-18-23(57-39(2,3)4)21-48(28)38(56)32(22-14-10-9-11-15-22)47-36(54)31-24(41)16-12-17-25(31)42/h12,16-17,22-23,26-28,32H,8-11,13-15,18-21H2,1-7H3,(H2,43,52)(H,44,55)(H,45,49)(H,46,53)(H,47,54)/t23-,26?,27-,28+,32+/m1/s1. The highest BCUT2D eigenvalue weighted by atomic mass is 19.1. The summed E-state index contributed by atoms with van der Waals surface area (Å²) in [6.07, 6.45) is 2.57. The number of nitrogens with two attached hydrogens (primary N) is 1. The average molecular weight is 821 g/mol. The normalized spacial score (nSPS) is 18.9. The molecule has 1 aromatic rings. The van der Waals surface area contributed by atoms with E-state index in [1.54, 1.807) is 48.5 Å². The van der Waals surface area contributed by atoms with Gasteiger partial charge in [-0.05, 0) is 78.9 Å². The van der Waals surface area contributed by atoms with Gasteiger partial charge in [-0.15, -0.1) is 0 Å². The van der Waals surface area contributed by atoms with Gasteiger partial charge in [-0.2, -0.15) is 0 Å². The van der Waals surface area contributed by atoms with E-state index in [4.69, 9.17) is 15.2 Å². The van der Waals surface area contributed by atoms with Gasteiger partial charge in [-0.1, -0.05) is 38.7 Å². The molecule has 0 bridgehead atoms. The second-order valence-electron chi connectivity index (χ2n) is 16.8. The summed E-state index contributed by atoms with van der Waals surface area (Å²) in [6.45, 7) is 11.1. The number of hydrogen-bond acceptors (Lipinski definition) is 10. The number of halogens is 2. The first-order valence-corrected chi connectivity index (χ1v) is 19.7. The summed E-state index contributed by atoms with van der Waals surface area (Å²) in [5.74, 6) is -10.3. The molecule has 1 aliphatic heterocycles. The van der Waals surface area contributed by atoms with Crippen molar-refractivity contribution in [3.8, 4) is 0 Å². The first-order valence-electron chi connectivity index (χ1n) is 19.7. The molecule has 0 spiro atoms. The Labute approximate surface area is 337 Å². The SMILES string of the molecule is CCCC(NC(=O)[C@@H]1C[C@@H](OC(C)(C)C)CN1C(=O)[C@@H](NC(=O)c1c(F)cccc1F)C1CCCCC1)C(=O)C(=O)NCC(=O)N[C@H](CC(=O)OC(C)(C)C)C(N)=O. The highest BCUT2D eigenvalue weighted by Gasteiger charge is 2.46. The fourth-order valence-corrected chi connectivity index (χ4v) is 7.08. The molecule has 322 valence electrons. The summed E-state index contributed by atoms with van der Waals surface area (Å²) in [7, 11) is 0. The van der Waals surface area contributed by atoms with Gasteiger partial charge in [0.15, 0.2) is 0 Å². The monoisotopic (exact) mass is 820 g/mol. The lowest BCUT2D eigenvalue weighted by Gasteiger charge is -2.35. The number of rotatable bonds is 17. The summed E-state index contributed by atoms with van der Waals surface area (Å²) >= 11 is 0. The van der Waals surface area contributed by atoms with E-state index < -0.39 is 125 Å². The number of primary amides is 1. The molecule has 16 nitrogen and oxygen atoms in total. The number of likely N-dealkylation sites (tertiary alicyclic amines) is 1. The predicted octanol–water partition coefficient (Wildman–Crippen LogP) is 2.10. The number of carbonyl (C=O) groups is 8. The molecule has 58 heavy (non-hydrogen) atoms. The van der Waals surface area contributed by atoms with Gasteiger partial charge in [0.2, 0.25) is 29.4 Å². The molecule has 5 atom stereocenters. The molecule has 1 aliphatic carbocycles. The summed E-state index contributed by atoms with van der Waals surface area (Å²) in [4.78, 5) is 106. The number of ketones is 1. The highest BCUT2D eigenvalue weighted by molar-refractivity contribution is 6.38. The van der Waals surface area contributed by atoms with E-state index >= 15 is 0 Å². The lowest BCUT2D eigenvalue weighted by molar-refractivity contribution is -0.156. The Hall–Kier alpha value is -5.00. The number of nitrogens with zero attached hydrogens (tertiary/aromatic N) is 1. The third-order valence-electron chi connectivity index (χ3n) is 9.55. The third-order valence-corrected chi connectivity index (χ3v) is 9.55. The van der Waals surface area contributed by atoms with E-state index in [0.29, 0.717) is 19.3 Å². The van der Waals surface area contributed by atoms with Crippen molar-refractivity contribution in [1.82, 2.24) is 26.2 Å². The average Bonchev–Trinajstić information content (AvgIpc) is 3.53. The maximum Gasteiger partial charge on any atom is 0.308 e. The molecule has 6 amide bonds. The number of Topliss-reactive ketones (excluding diaryl/α,β-unsaturated/α-hetero) is 1. The third kappa shape index (κ3) is 14.1. The Morgan fingerprint density at radius 1 is 0.879 bits per heavy atom. The minimum Gasteiger partial charge on any atom is -0.460 e. The van der Waals surface area contributed by atoms with E-state index in [1.807, 2.05) is 0 Å². The van der Waals surface area contributed by atoms with Crippen LogP contribution >= 0.6 is 0 Å². The molecule has 18 heteroatoms. The van der Waals surface area contributed by atoms with Gasteiger partial charge in [0.25, 0.3) is 11.8 Å². The van der Waals surface area contributed by atoms with Crippen LogP contribution in [-0.2, 0) is 43.0 Å². The first-order chi connectivity index (χ1) is 27.0. The van der Waals surface area contributed by atoms with Crippen LogP contribution in [0.2, 0.25) is 0 Å². The van der Waals surface area contributed by atoms with Gasteiger partial charge in [-0.3, -0.25) is 38.4 Å². The molecule has 1 unspecified atom stereocenters. The molecule has 1 saturated heterocycles. The Bertz CT molecular complexity index is 1680. The zero-order chi connectivity index (χ0) is 43.5. The van der Waals surface area contributed by atoms with Gasteiger partial charge in [-0.25, -0.2) is 8.78 Å². The maximum absolute atomic E-state index is 14.7. The Balaban J connectivity index is 1.79. The van der Waals surface area contributed by atoms with Crippen LogP contribution in [0.15, 0.2) is 18.2 Å². The van der Waals surface area contributed by atoms with Gasteiger partial charge in [0.05, 0.1) is 30.7 Å². The van der Waals surface area contributed by atoms with Crippen LogP contribution in [0.3, 0.4) is 0 Å². The second kappa shape index (κ2) is 20.6. The number of nitrogens with one attached hydrogen (secondary N) is 4. The van der Waals surface area contributed by atoms with E-state index in [2.05, 4.69) is 21.3 Å². The molecule has 0 aromatic heterocycles. The quantitative estimate of drug-likeness (QED) is 0.114. The number of esters is 1. The van der Waals surface area contributed by atoms with Crippen molar-refractivity contribution < 1.29 is 56.6 Å². The molecule has 1 aromatic carbocycles. The Morgan fingerprint density at radius 3 is 2.05 bits per heavy atom. The van der Waals surface area contributed by atoms with Crippen LogP contribution in [0.1, 0.15) is 117 Å². The number of carbonyl (C=O) groups excluding carboxylic acids is 8. The minimum atomic E-state index is -1.46. The van der Waals surface area contributed by atoms with Gasteiger partial charge in [0, 0.05) is 13.0 Å². The molecular formula is C40H58F2N6O10. The molecule has 0 radical (unpaired) electrons. The Morgan fingerprint density at radius 2 is 1.50 bits per heavy atom. The zero-order valence-corrected chi connectivity index (χ0v) is 34.3. The van der Waals surface area contributed by atoms with Gasteiger partial charge in [0.1, 0.15) is 40.9 Å². The van der Waals surface area contributed by atoms with Crippen molar-refractivity contribution in [3.05, 3.63) is 35.4 Å². The van der Waals surface area contributed by atoms with Crippen LogP contribution in [0.5, 0.6) is 0 Å². The fourth-order valence-electron chi connectivity index (χ4n) is 7.08. The fraction of sp³-hybridized carbons (Fsp3) is 0.650. The number of hydrogen-bond donors (Lipinski definition) is 5. The highest BCUT2D eigenvalue weighted by Crippen LogP contribution is 2.31. The molecule has 2 aliphatic rings. The largest absolute Gasteiger partial charge is 0.460 e. The van der Waals surface area contributed by atoms with Crippen LogP contribution in [0.25, 0.3) is 0 Å². The molecule has 1 heterocycles. The first kappa shape index (κ1) is 47.4. The summed E-state index contributed by atoms with van der Waals surface area (Å²) in [5, 5.41) is 9.53. The van der Waals surface area contributed by atoms with E-state index in [0.717, 1.165) is 37.5 Å². The zero-order valence-electron chi connectivity index (χ0n) is 34.3. The number of ether oxygens (including phenoxy) is 2. The van der Waals surface area contributed by atoms with Crippen molar-refractivity contribution in [2.45, 2.75) is 148 Å². The van der Waals surface area contributed by atoms with Crippen molar-refractivity contribution in [2.75, 3.05) is 13.1 Å². The van der Waals surface area contributed by atoms with Gasteiger partial charge >= 0.3 is 5.97 Å². The summed E-state index contributed by atoms with van der Waals surface area (Å²) < 4.78 is 40.6. The summed E-state index contributed by atoms with van der Waals surface area (Å²) in [6, 6.07) is -2.35. The number of amides is 6. The van der Waals surface area contributed by atoms with Gasteiger partial charge < -0.3 is 41.4 Å². The lowest BCUT2D eigenvalue weighted by atomic mass is 9.83. The minimum absolute atomic E-state index is 0.00136. The van der Waals surface area contributed by atoms with Crippen LogP contribution in [-0.4, -0.2) is 107 Å². The Kier molecular flexibility index (Phi) is 16.8. The van der Waals surface area contributed by atoms with Crippen molar-refractivity contribution in [2.24, 2.45) is 11.7 Å². The van der Waals surface area contributed by atoms with E-state index in [9.17, 15) is 47.1 Å². The second-order valence-corrected chi connectivity index (χ2v) is 16.8. The van der Waals surface area contributed by atoms with Crippen LogP contribution in [0.4, 0.5) is 8.78 Å². The lowest BCUT2D eigenvalue weighted by Crippen LogP contribution is -2.58. The maximum atomic E-state index is 14.7. The molecule has 2 fully saturated rings. The summed E-state index contributed by atoms with van der Waals surface area (Å²) in [5.41, 5.74) is 2.93. The predicted molar refractivity (Wildman–Crippen MR) is 205 cm³/mol. The topological polar surface area (TPSA) is 232 Å². The molecule has 3 rings (SSSR count). The molecular weight excluding hydrogens is 762 g/mol. The molecule has 6 N–H and O–H groups in total. The van der Waals surface area contributed by atoms with Crippen molar-refractivity contribution in [1.29, 1.82) is 0 Å². The van der Waals surface area contributed by atoms with Crippen LogP contribution in [0, 0.1) is 17.6 Å².